The number of aromatic nitrogens is 1. The number of carbonyl (C=O) groups is 2. The fraction of sp³-hybridized carbons (Fsp3) is 0.269. The molecule has 4 rings (SSSR count). The lowest BCUT2D eigenvalue weighted by molar-refractivity contribution is -0.137. The SMILES string of the molecule is COc1ccc(C(=O)N2CCCN(c3ccc(NC(=O)c4ccccc4C(F)(F)F)cn3)CC2)cc1. The van der Waals surface area contributed by atoms with E-state index in [9.17, 15) is 22.8 Å². The van der Waals surface area contributed by atoms with Gasteiger partial charge in [0.05, 0.1) is 30.1 Å². The first-order chi connectivity index (χ1) is 17.3. The molecule has 0 radical (unpaired) electrons. The first-order valence-corrected chi connectivity index (χ1v) is 11.4. The van der Waals surface area contributed by atoms with Crippen LogP contribution in [0.2, 0.25) is 0 Å². The van der Waals surface area contributed by atoms with E-state index in [2.05, 4.69) is 10.3 Å². The Hall–Kier alpha value is -4.08. The molecule has 1 saturated heterocycles. The monoisotopic (exact) mass is 498 g/mol. The van der Waals surface area contributed by atoms with Crippen LogP contribution >= 0.6 is 0 Å². The maximum absolute atomic E-state index is 13.2. The Morgan fingerprint density at radius 2 is 1.69 bits per heavy atom. The Kier molecular flexibility index (Phi) is 7.42. The van der Waals surface area contributed by atoms with Gasteiger partial charge in [0.25, 0.3) is 11.8 Å². The maximum atomic E-state index is 13.2. The molecule has 3 aromatic rings. The van der Waals surface area contributed by atoms with E-state index in [0.29, 0.717) is 43.3 Å². The molecular formula is C26H25F3N4O3. The topological polar surface area (TPSA) is 74.8 Å². The summed E-state index contributed by atoms with van der Waals surface area (Å²) < 4.78 is 44.8. The number of hydrogen-bond acceptors (Lipinski definition) is 5. The summed E-state index contributed by atoms with van der Waals surface area (Å²) in [4.78, 5) is 33.6. The molecule has 7 nitrogen and oxygen atoms in total. The second kappa shape index (κ2) is 10.7. The fourth-order valence-electron chi connectivity index (χ4n) is 4.04. The summed E-state index contributed by atoms with van der Waals surface area (Å²) >= 11 is 0. The molecule has 2 heterocycles. The first kappa shape index (κ1) is 25.0. The molecule has 2 aromatic carbocycles. The van der Waals surface area contributed by atoms with Crippen molar-refractivity contribution in [3.05, 3.63) is 83.6 Å². The highest BCUT2D eigenvalue weighted by Crippen LogP contribution is 2.32. The predicted molar refractivity (Wildman–Crippen MR) is 129 cm³/mol. The Balaban J connectivity index is 1.38. The Morgan fingerprint density at radius 3 is 2.36 bits per heavy atom. The van der Waals surface area contributed by atoms with Crippen LogP contribution in [0.15, 0.2) is 66.9 Å². The second-order valence-corrected chi connectivity index (χ2v) is 8.26. The van der Waals surface area contributed by atoms with Crippen LogP contribution in [0.3, 0.4) is 0 Å². The molecule has 0 saturated carbocycles. The Bertz CT molecular complexity index is 1210. The van der Waals surface area contributed by atoms with E-state index in [4.69, 9.17) is 4.74 Å². The van der Waals surface area contributed by atoms with E-state index in [1.54, 1.807) is 48.4 Å². The normalized spacial score (nSPS) is 14.2. The number of carbonyl (C=O) groups excluding carboxylic acids is 2. The number of benzene rings is 2. The number of nitrogens with one attached hydrogen (secondary N) is 1. The molecule has 188 valence electrons. The number of rotatable bonds is 5. The average Bonchev–Trinajstić information content (AvgIpc) is 3.15. The standard InChI is InChI=1S/C26H25F3N4O3/c1-36-20-10-7-18(8-11-20)25(35)33-14-4-13-32(15-16-33)23-12-9-19(17-30-23)31-24(34)21-5-2-3-6-22(21)26(27,28)29/h2-3,5-12,17H,4,13-16H2,1H3,(H,31,34). The summed E-state index contributed by atoms with van der Waals surface area (Å²) in [6.45, 7) is 2.37. The van der Waals surface area contributed by atoms with Gasteiger partial charge in [0, 0.05) is 31.7 Å². The number of methoxy groups -OCH3 is 1. The van der Waals surface area contributed by atoms with Crippen LogP contribution in [-0.2, 0) is 6.18 Å². The van der Waals surface area contributed by atoms with Crippen LogP contribution in [-0.4, -0.2) is 55.0 Å². The van der Waals surface area contributed by atoms with Crippen LogP contribution < -0.4 is 15.0 Å². The first-order valence-electron chi connectivity index (χ1n) is 11.4. The molecule has 0 atom stereocenters. The number of amides is 2. The van der Waals surface area contributed by atoms with E-state index in [1.165, 1.54) is 18.3 Å². The minimum Gasteiger partial charge on any atom is -0.497 e. The number of halogens is 3. The van der Waals surface area contributed by atoms with Crippen molar-refractivity contribution in [1.29, 1.82) is 0 Å². The van der Waals surface area contributed by atoms with Gasteiger partial charge in [-0.3, -0.25) is 9.59 Å². The Labute approximate surface area is 206 Å². The molecule has 1 aromatic heterocycles. The van der Waals surface area contributed by atoms with Gasteiger partial charge < -0.3 is 19.9 Å². The predicted octanol–water partition coefficient (Wildman–Crippen LogP) is 4.71. The third-order valence-electron chi connectivity index (χ3n) is 5.93. The molecule has 36 heavy (non-hydrogen) atoms. The second-order valence-electron chi connectivity index (χ2n) is 8.26. The molecule has 0 bridgehead atoms. The molecule has 0 aliphatic carbocycles. The van der Waals surface area contributed by atoms with Gasteiger partial charge in [-0.25, -0.2) is 4.98 Å². The zero-order valence-corrected chi connectivity index (χ0v) is 19.6. The highest BCUT2D eigenvalue weighted by atomic mass is 19.4. The van der Waals surface area contributed by atoms with Crippen LogP contribution in [0, 0.1) is 0 Å². The molecular weight excluding hydrogens is 473 g/mol. The zero-order chi connectivity index (χ0) is 25.7. The summed E-state index contributed by atoms with van der Waals surface area (Å²) in [6, 6.07) is 14.9. The van der Waals surface area contributed by atoms with Gasteiger partial charge in [0.15, 0.2) is 0 Å². The lowest BCUT2D eigenvalue weighted by Gasteiger charge is -2.23. The van der Waals surface area contributed by atoms with Gasteiger partial charge in [0.2, 0.25) is 0 Å². The van der Waals surface area contributed by atoms with Crippen molar-refractivity contribution < 1.29 is 27.5 Å². The third-order valence-corrected chi connectivity index (χ3v) is 5.93. The molecule has 1 aliphatic heterocycles. The molecule has 1 aliphatic rings. The number of hydrogen-bond donors (Lipinski definition) is 1. The summed E-state index contributed by atoms with van der Waals surface area (Å²) in [6.07, 6.45) is -2.48. The molecule has 1 fully saturated rings. The number of anilines is 2. The number of pyridine rings is 1. The highest BCUT2D eigenvalue weighted by Gasteiger charge is 2.34. The maximum Gasteiger partial charge on any atom is 0.417 e. The van der Waals surface area contributed by atoms with Gasteiger partial charge >= 0.3 is 6.18 Å². The smallest absolute Gasteiger partial charge is 0.417 e. The lowest BCUT2D eigenvalue weighted by atomic mass is 10.1. The van der Waals surface area contributed by atoms with Crippen LogP contribution in [0.25, 0.3) is 0 Å². The van der Waals surface area contributed by atoms with Crippen molar-refractivity contribution >= 4 is 23.3 Å². The van der Waals surface area contributed by atoms with E-state index in [0.717, 1.165) is 18.6 Å². The van der Waals surface area contributed by atoms with Crippen molar-refractivity contribution in [3.63, 3.8) is 0 Å². The number of ether oxygens (including phenoxy) is 1. The van der Waals surface area contributed by atoms with Gasteiger partial charge in [-0.05, 0) is 55.0 Å². The zero-order valence-electron chi connectivity index (χ0n) is 19.6. The van der Waals surface area contributed by atoms with E-state index in [1.807, 2.05) is 4.90 Å². The van der Waals surface area contributed by atoms with Gasteiger partial charge in [-0.2, -0.15) is 13.2 Å². The number of alkyl halides is 3. The van der Waals surface area contributed by atoms with Gasteiger partial charge in [-0.15, -0.1) is 0 Å². The largest absolute Gasteiger partial charge is 0.497 e. The van der Waals surface area contributed by atoms with Gasteiger partial charge in [-0.1, -0.05) is 12.1 Å². The van der Waals surface area contributed by atoms with Crippen LogP contribution in [0.5, 0.6) is 5.75 Å². The molecule has 1 N–H and O–H groups in total. The van der Waals surface area contributed by atoms with E-state index < -0.39 is 23.2 Å². The summed E-state index contributed by atoms with van der Waals surface area (Å²) in [5.74, 6) is 0.427. The molecule has 2 amide bonds. The van der Waals surface area contributed by atoms with Crippen molar-refractivity contribution in [1.82, 2.24) is 9.88 Å². The quantitative estimate of drug-likeness (QED) is 0.552. The minimum atomic E-state index is -4.63. The van der Waals surface area contributed by atoms with Crippen LogP contribution in [0.4, 0.5) is 24.7 Å². The summed E-state index contributed by atoms with van der Waals surface area (Å²) in [7, 11) is 1.57. The lowest BCUT2D eigenvalue weighted by Crippen LogP contribution is -2.35. The van der Waals surface area contributed by atoms with Crippen LogP contribution in [0.1, 0.15) is 32.7 Å². The average molecular weight is 499 g/mol. The van der Waals surface area contributed by atoms with E-state index in [-0.39, 0.29) is 11.6 Å². The van der Waals surface area contributed by atoms with E-state index >= 15 is 0 Å². The van der Waals surface area contributed by atoms with Crippen molar-refractivity contribution in [2.45, 2.75) is 12.6 Å². The summed E-state index contributed by atoms with van der Waals surface area (Å²) in [5.41, 5.74) is -0.574. The molecule has 10 heteroatoms. The molecule has 0 unspecified atom stereocenters. The fourth-order valence-corrected chi connectivity index (χ4v) is 4.04. The summed E-state index contributed by atoms with van der Waals surface area (Å²) in [5, 5.41) is 2.48. The minimum absolute atomic E-state index is 0.0512. The Morgan fingerprint density at radius 1 is 0.944 bits per heavy atom. The van der Waals surface area contributed by atoms with Crippen molar-refractivity contribution in [2.75, 3.05) is 43.5 Å². The third kappa shape index (κ3) is 5.76. The van der Waals surface area contributed by atoms with Crippen molar-refractivity contribution in [2.24, 2.45) is 0 Å². The highest BCUT2D eigenvalue weighted by molar-refractivity contribution is 6.05. The number of nitrogens with zero attached hydrogens (tertiary/aromatic N) is 3. The molecule has 0 spiro atoms. The van der Waals surface area contributed by atoms with Crippen molar-refractivity contribution in [3.8, 4) is 5.75 Å². The van der Waals surface area contributed by atoms with Gasteiger partial charge in [0.1, 0.15) is 11.6 Å².